The van der Waals surface area contributed by atoms with E-state index in [0.29, 0.717) is 0 Å². The van der Waals surface area contributed by atoms with Crippen LogP contribution in [-0.2, 0) is 0 Å². The lowest BCUT2D eigenvalue weighted by Crippen LogP contribution is -1.97. The first-order chi connectivity index (χ1) is 3.31. The number of hydrogen-bond acceptors (Lipinski definition) is 2. The van der Waals surface area contributed by atoms with Crippen molar-refractivity contribution in [2.24, 2.45) is 5.22 Å². The van der Waals surface area contributed by atoms with Crippen molar-refractivity contribution >= 4 is 0 Å². The largest absolute Gasteiger partial charge is 0.265 e. The van der Waals surface area contributed by atoms with Gasteiger partial charge in [0.1, 0.15) is 0 Å². The number of nitrogens with one attached hydrogen (secondary N) is 2. The number of allylic oxidation sites excluding steroid dienone is 2. The van der Waals surface area contributed by atoms with E-state index in [1.807, 2.05) is 19.9 Å². The molecule has 0 rings (SSSR count). The summed E-state index contributed by atoms with van der Waals surface area (Å²) in [7, 11) is 0. The Morgan fingerprint density at radius 1 is 1.86 bits per heavy atom. The molecule has 3 nitrogen and oxygen atoms in total. The standard InChI is InChI=1S/C4H9N3/c1-3-4(2)6-7-5/h3H,1-2H3,(H2,5,6)/b4-3+. The van der Waals surface area contributed by atoms with Gasteiger partial charge in [-0.3, -0.25) is 5.43 Å². The van der Waals surface area contributed by atoms with Crippen molar-refractivity contribution in [3.63, 3.8) is 0 Å². The van der Waals surface area contributed by atoms with Gasteiger partial charge in [-0.25, -0.2) is 0 Å². The van der Waals surface area contributed by atoms with Crippen molar-refractivity contribution in [1.82, 2.24) is 5.43 Å². The Hall–Kier alpha value is -0.860. The molecule has 7 heavy (non-hydrogen) atoms. The van der Waals surface area contributed by atoms with Crippen molar-refractivity contribution in [3.05, 3.63) is 11.8 Å². The second kappa shape index (κ2) is 3.33. The third-order valence-electron chi connectivity index (χ3n) is 0.665. The molecule has 0 aromatic rings. The molecular formula is C4H9N3. The average Bonchev–Trinajstić information content (AvgIpc) is 1.68. The fourth-order valence-corrected chi connectivity index (χ4v) is 0.153. The number of rotatable bonds is 2. The van der Waals surface area contributed by atoms with E-state index in [1.165, 1.54) is 0 Å². The van der Waals surface area contributed by atoms with Gasteiger partial charge in [0.2, 0.25) is 0 Å². The van der Waals surface area contributed by atoms with Crippen molar-refractivity contribution in [1.29, 1.82) is 5.53 Å². The van der Waals surface area contributed by atoms with E-state index >= 15 is 0 Å². The molecule has 0 aliphatic heterocycles. The minimum Gasteiger partial charge on any atom is -0.265 e. The van der Waals surface area contributed by atoms with Gasteiger partial charge in [0.05, 0.1) is 0 Å². The van der Waals surface area contributed by atoms with Gasteiger partial charge in [0, 0.05) is 5.70 Å². The van der Waals surface area contributed by atoms with Crippen molar-refractivity contribution in [2.75, 3.05) is 0 Å². The van der Waals surface area contributed by atoms with Gasteiger partial charge in [0.15, 0.2) is 0 Å². The van der Waals surface area contributed by atoms with Gasteiger partial charge in [-0.05, 0) is 13.8 Å². The molecule has 0 aliphatic carbocycles. The summed E-state index contributed by atoms with van der Waals surface area (Å²) < 4.78 is 0. The van der Waals surface area contributed by atoms with E-state index < -0.39 is 0 Å². The zero-order valence-electron chi connectivity index (χ0n) is 4.52. The Kier molecular flexibility index (Phi) is 2.92. The SMILES string of the molecule is C/C=C(\C)NN=N. The smallest absolute Gasteiger partial charge is 0.0279 e. The molecule has 0 saturated carbocycles. The Bertz CT molecular complexity index is 84.9. The Labute approximate surface area is 42.9 Å². The van der Waals surface area contributed by atoms with Crippen LogP contribution in [0.5, 0.6) is 0 Å². The van der Waals surface area contributed by atoms with E-state index in [9.17, 15) is 0 Å². The normalized spacial score (nSPS) is 10.9. The van der Waals surface area contributed by atoms with Crippen LogP contribution in [0.2, 0.25) is 0 Å². The maximum atomic E-state index is 6.31. The summed E-state index contributed by atoms with van der Waals surface area (Å²) in [6.45, 7) is 3.73. The molecule has 0 aromatic carbocycles. The van der Waals surface area contributed by atoms with Gasteiger partial charge in [0.25, 0.3) is 0 Å². The van der Waals surface area contributed by atoms with Crippen LogP contribution in [0.25, 0.3) is 0 Å². The molecule has 3 heteroatoms. The van der Waals surface area contributed by atoms with Crippen LogP contribution in [0.3, 0.4) is 0 Å². The molecule has 0 aliphatic rings. The third-order valence-corrected chi connectivity index (χ3v) is 0.665. The summed E-state index contributed by atoms with van der Waals surface area (Å²) in [6, 6.07) is 0. The second-order valence-electron chi connectivity index (χ2n) is 1.20. The molecule has 0 radical (unpaired) electrons. The van der Waals surface area contributed by atoms with E-state index in [-0.39, 0.29) is 0 Å². The van der Waals surface area contributed by atoms with Crippen molar-refractivity contribution in [3.8, 4) is 0 Å². The maximum absolute atomic E-state index is 6.31. The van der Waals surface area contributed by atoms with Gasteiger partial charge < -0.3 is 0 Å². The first-order valence-corrected chi connectivity index (χ1v) is 2.06. The lowest BCUT2D eigenvalue weighted by atomic mass is 10.5. The van der Waals surface area contributed by atoms with Crippen molar-refractivity contribution < 1.29 is 0 Å². The molecule has 40 valence electrons. The van der Waals surface area contributed by atoms with Gasteiger partial charge in [-0.1, -0.05) is 11.3 Å². The predicted octanol–water partition coefficient (Wildman–Crippen LogP) is 1.45. The summed E-state index contributed by atoms with van der Waals surface area (Å²) in [5.41, 5.74) is 9.66. The Morgan fingerprint density at radius 3 is 2.57 bits per heavy atom. The number of nitrogens with zero attached hydrogens (tertiary/aromatic N) is 1. The van der Waals surface area contributed by atoms with E-state index in [1.54, 1.807) is 0 Å². The fourth-order valence-electron chi connectivity index (χ4n) is 0.153. The monoisotopic (exact) mass is 99.1 g/mol. The lowest BCUT2D eigenvalue weighted by molar-refractivity contribution is 0.778. The lowest BCUT2D eigenvalue weighted by Gasteiger charge is -1.90. The van der Waals surface area contributed by atoms with Crippen LogP contribution in [0.15, 0.2) is 17.0 Å². The highest BCUT2D eigenvalue weighted by Crippen LogP contribution is 1.81. The van der Waals surface area contributed by atoms with Crippen LogP contribution < -0.4 is 5.43 Å². The van der Waals surface area contributed by atoms with Crippen LogP contribution in [0.1, 0.15) is 13.8 Å². The zero-order valence-corrected chi connectivity index (χ0v) is 4.52. The fraction of sp³-hybridized carbons (Fsp3) is 0.500. The molecular weight excluding hydrogens is 90.1 g/mol. The third kappa shape index (κ3) is 2.96. The molecule has 0 fully saturated rings. The summed E-state index contributed by atoms with van der Waals surface area (Å²) in [5, 5.41) is 2.94. The van der Waals surface area contributed by atoms with Crippen molar-refractivity contribution in [2.45, 2.75) is 13.8 Å². The second-order valence-corrected chi connectivity index (χ2v) is 1.20. The van der Waals surface area contributed by atoms with Crippen LogP contribution in [0.4, 0.5) is 0 Å². The van der Waals surface area contributed by atoms with E-state index in [4.69, 9.17) is 5.53 Å². The van der Waals surface area contributed by atoms with Gasteiger partial charge in [-0.2, -0.15) is 5.53 Å². The van der Waals surface area contributed by atoms with Crippen LogP contribution >= 0.6 is 0 Å². The quantitative estimate of drug-likeness (QED) is 0.399. The molecule has 0 spiro atoms. The zero-order chi connectivity index (χ0) is 5.70. The molecule has 2 N–H and O–H groups in total. The summed E-state index contributed by atoms with van der Waals surface area (Å²) in [6.07, 6.45) is 1.85. The number of hydrogen-bond donors (Lipinski definition) is 2. The minimum atomic E-state index is 0.898. The summed E-state index contributed by atoms with van der Waals surface area (Å²) in [4.78, 5) is 0. The average molecular weight is 99.1 g/mol. The summed E-state index contributed by atoms with van der Waals surface area (Å²) in [5.74, 6) is 0. The Balaban J connectivity index is 3.36. The predicted molar refractivity (Wildman–Crippen MR) is 27.7 cm³/mol. The molecule has 0 heterocycles. The molecule has 0 saturated heterocycles. The van der Waals surface area contributed by atoms with Gasteiger partial charge >= 0.3 is 0 Å². The first-order valence-electron chi connectivity index (χ1n) is 2.06. The molecule has 0 atom stereocenters. The topological polar surface area (TPSA) is 48.2 Å². The molecule has 0 bridgehead atoms. The van der Waals surface area contributed by atoms with Crippen LogP contribution in [0, 0.1) is 5.53 Å². The van der Waals surface area contributed by atoms with Gasteiger partial charge in [-0.15, -0.1) is 0 Å². The highest BCUT2D eigenvalue weighted by molar-refractivity contribution is 4.89. The maximum Gasteiger partial charge on any atom is 0.0279 e. The summed E-state index contributed by atoms with van der Waals surface area (Å²) >= 11 is 0. The Morgan fingerprint density at radius 2 is 2.43 bits per heavy atom. The highest BCUT2D eigenvalue weighted by atomic mass is 15.4. The van der Waals surface area contributed by atoms with Crippen LogP contribution in [-0.4, -0.2) is 0 Å². The highest BCUT2D eigenvalue weighted by Gasteiger charge is 1.74. The first kappa shape index (κ1) is 6.14. The minimum absolute atomic E-state index is 0.898. The molecule has 0 amide bonds. The molecule has 0 unspecified atom stereocenters. The molecule has 0 aromatic heterocycles. The van der Waals surface area contributed by atoms with E-state index in [2.05, 4.69) is 10.6 Å². The van der Waals surface area contributed by atoms with E-state index in [0.717, 1.165) is 5.70 Å².